The minimum absolute atomic E-state index is 0. The van der Waals surface area contributed by atoms with Crippen molar-refractivity contribution in [3.63, 3.8) is 0 Å². The number of unbranched alkanes of at least 4 members (excludes halogenated alkanes) is 1. The van der Waals surface area contributed by atoms with E-state index in [2.05, 4.69) is 20.8 Å². The molecule has 0 atom stereocenters. The molecule has 0 saturated carbocycles. The van der Waals surface area contributed by atoms with Crippen molar-refractivity contribution < 1.29 is 9.47 Å². The van der Waals surface area contributed by atoms with Gasteiger partial charge in [-0.05, 0) is 24.7 Å². The van der Waals surface area contributed by atoms with E-state index in [1.165, 1.54) is 32.1 Å². The molecule has 0 rings (SSSR count). The van der Waals surface area contributed by atoms with E-state index in [1.807, 2.05) is 0 Å². The summed E-state index contributed by atoms with van der Waals surface area (Å²) < 4.78 is 10.4. The Balaban J connectivity index is -0.000000845. The van der Waals surface area contributed by atoms with Crippen LogP contribution in [0.3, 0.4) is 0 Å². The van der Waals surface area contributed by atoms with Gasteiger partial charge in [-0.25, -0.2) is 0 Å². The third kappa shape index (κ3) is 8.12. The predicted molar refractivity (Wildman–Crippen MR) is 73.8 cm³/mol. The Bertz CT molecular complexity index is 120. The first-order valence-corrected chi connectivity index (χ1v) is 5.81. The Labute approximate surface area is 104 Å². The van der Waals surface area contributed by atoms with Crippen LogP contribution in [0.25, 0.3) is 0 Å². The lowest BCUT2D eigenvalue weighted by Crippen LogP contribution is -2.26. The van der Waals surface area contributed by atoms with Gasteiger partial charge in [0.15, 0.2) is 0 Å². The molecule has 0 aromatic carbocycles. The van der Waals surface area contributed by atoms with Crippen LogP contribution >= 0.6 is 0 Å². The molecular formula is C14H34O2. The maximum atomic E-state index is 5.50. The number of hydrogen-bond donors (Lipinski definition) is 0. The van der Waals surface area contributed by atoms with Crippen molar-refractivity contribution in [3.05, 3.63) is 0 Å². The van der Waals surface area contributed by atoms with Crippen molar-refractivity contribution in [2.24, 2.45) is 5.41 Å². The van der Waals surface area contributed by atoms with Crippen molar-refractivity contribution in [3.8, 4) is 0 Å². The lowest BCUT2D eigenvalue weighted by atomic mass is 9.79. The Morgan fingerprint density at radius 3 is 1.94 bits per heavy atom. The topological polar surface area (TPSA) is 18.5 Å². The number of ether oxygens (including phenoxy) is 2. The molecular weight excluding hydrogens is 200 g/mol. The van der Waals surface area contributed by atoms with E-state index in [0.717, 1.165) is 6.61 Å². The van der Waals surface area contributed by atoms with Crippen LogP contribution in [0.4, 0.5) is 0 Å². The summed E-state index contributed by atoms with van der Waals surface area (Å²) in [5, 5.41) is 0. The standard InChI is InChI=1S/C12H26O2.2CH4/c1-5-8-9-12(6-2,7-3)10-14-11-13-4;;/h5-11H2,1-4H3;2*1H4. The molecule has 0 bridgehead atoms. The minimum Gasteiger partial charge on any atom is -0.359 e. The highest BCUT2D eigenvalue weighted by molar-refractivity contribution is 4.75. The van der Waals surface area contributed by atoms with Crippen LogP contribution in [0.1, 0.15) is 67.7 Å². The van der Waals surface area contributed by atoms with Crippen LogP contribution in [0.15, 0.2) is 0 Å². The molecule has 2 heteroatoms. The van der Waals surface area contributed by atoms with Crippen LogP contribution in [-0.2, 0) is 9.47 Å². The number of hydrogen-bond acceptors (Lipinski definition) is 2. The minimum atomic E-state index is 0. The van der Waals surface area contributed by atoms with E-state index in [-0.39, 0.29) is 14.9 Å². The summed E-state index contributed by atoms with van der Waals surface area (Å²) >= 11 is 0. The zero-order valence-electron chi connectivity index (χ0n) is 10.3. The van der Waals surface area contributed by atoms with Gasteiger partial charge in [0.25, 0.3) is 0 Å². The monoisotopic (exact) mass is 234 g/mol. The molecule has 0 spiro atoms. The highest BCUT2D eigenvalue weighted by Crippen LogP contribution is 2.32. The summed E-state index contributed by atoms with van der Waals surface area (Å²) in [4.78, 5) is 0. The van der Waals surface area contributed by atoms with E-state index >= 15 is 0 Å². The second-order valence-electron chi connectivity index (χ2n) is 4.07. The number of rotatable bonds is 9. The van der Waals surface area contributed by atoms with E-state index in [1.54, 1.807) is 7.11 Å². The second kappa shape index (κ2) is 13.0. The molecule has 0 aliphatic rings. The Hall–Kier alpha value is -0.0800. The first kappa shape index (κ1) is 21.2. The van der Waals surface area contributed by atoms with Gasteiger partial charge >= 0.3 is 0 Å². The molecule has 16 heavy (non-hydrogen) atoms. The Kier molecular flexibility index (Phi) is 17.2. The van der Waals surface area contributed by atoms with E-state index < -0.39 is 0 Å². The Morgan fingerprint density at radius 2 is 1.56 bits per heavy atom. The molecule has 102 valence electrons. The fraction of sp³-hybridized carbons (Fsp3) is 1.00. The van der Waals surface area contributed by atoms with E-state index in [9.17, 15) is 0 Å². The average Bonchev–Trinajstić information content (AvgIpc) is 2.24. The molecule has 0 amide bonds. The van der Waals surface area contributed by atoms with Gasteiger partial charge in [-0.2, -0.15) is 0 Å². The largest absolute Gasteiger partial charge is 0.359 e. The molecule has 0 aromatic heterocycles. The SMILES string of the molecule is C.C.CCCCC(CC)(CC)COCOC. The maximum Gasteiger partial charge on any atom is 0.146 e. The molecule has 0 unspecified atom stereocenters. The van der Waals surface area contributed by atoms with Crippen LogP contribution in [-0.4, -0.2) is 20.5 Å². The molecule has 2 nitrogen and oxygen atoms in total. The van der Waals surface area contributed by atoms with E-state index in [4.69, 9.17) is 9.47 Å². The average molecular weight is 234 g/mol. The van der Waals surface area contributed by atoms with Crippen LogP contribution in [0.5, 0.6) is 0 Å². The van der Waals surface area contributed by atoms with Gasteiger partial charge < -0.3 is 9.47 Å². The highest BCUT2D eigenvalue weighted by atomic mass is 16.7. The van der Waals surface area contributed by atoms with E-state index in [0.29, 0.717) is 12.2 Å². The normalized spacial score (nSPS) is 10.5. The lowest BCUT2D eigenvalue weighted by molar-refractivity contribution is -0.0692. The van der Waals surface area contributed by atoms with Crippen molar-refractivity contribution in [1.82, 2.24) is 0 Å². The molecule has 0 saturated heterocycles. The predicted octanol–water partition coefficient (Wildman–Crippen LogP) is 4.88. The van der Waals surface area contributed by atoms with Gasteiger partial charge in [0.1, 0.15) is 6.79 Å². The van der Waals surface area contributed by atoms with Gasteiger partial charge in [0.2, 0.25) is 0 Å². The molecule has 0 heterocycles. The second-order valence-corrected chi connectivity index (χ2v) is 4.07. The lowest BCUT2D eigenvalue weighted by Gasteiger charge is -2.31. The van der Waals surface area contributed by atoms with Crippen LogP contribution < -0.4 is 0 Å². The first-order valence-electron chi connectivity index (χ1n) is 5.81. The summed E-state index contributed by atoms with van der Waals surface area (Å²) in [6, 6.07) is 0. The summed E-state index contributed by atoms with van der Waals surface area (Å²) in [5.41, 5.74) is 0.383. The number of methoxy groups -OCH3 is 1. The maximum absolute atomic E-state index is 5.50. The molecule has 0 aliphatic carbocycles. The highest BCUT2D eigenvalue weighted by Gasteiger charge is 2.25. The van der Waals surface area contributed by atoms with Gasteiger partial charge in [-0.15, -0.1) is 0 Å². The zero-order valence-corrected chi connectivity index (χ0v) is 10.3. The van der Waals surface area contributed by atoms with Gasteiger partial charge in [-0.1, -0.05) is 48.5 Å². The molecule has 0 aliphatic heterocycles. The summed E-state index contributed by atoms with van der Waals surface area (Å²) in [5.74, 6) is 0. The molecule has 0 N–H and O–H groups in total. The summed E-state index contributed by atoms with van der Waals surface area (Å²) in [6.07, 6.45) is 6.25. The summed E-state index contributed by atoms with van der Waals surface area (Å²) in [7, 11) is 1.67. The van der Waals surface area contributed by atoms with Gasteiger partial charge in [-0.3, -0.25) is 0 Å². The first-order chi connectivity index (χ1) is 6.74. The fourth-order valence-electron chi connectivity index (χ4n) is 1.77. The van der Waals surface area contributed by atoms with Gasteiger partial charge in [0.05, 0.1) is 6.61 Å². The van der Waals surface area contributed by atoms with Crippen molar-refractivity contribution in [1.29, 1.82) is 0 Å². The quantitative estimate of drug-likeness (QED) is 0.418. The molecule has 0 radical (unpaired) electrons. The van der Waals surface area contributed by atoms with Crippen LogP contribution in [0.2, 0.25) is 0 Å². The van der Waals surface area contributed by atoms with Crippen molar-refractivity contribution in [2.75, 3.05) is 20.5 Å². The molecule has 0 fully saturated rings. The fourth-order valence-corrected chi connectivity index (χ4v) is 1.77. The summed E-state index contributed by atoms with van der Waals surface area (Å²) in [6.45, 7) is 8.03. The van der Waals surface area contributed by atoms with Crippen molar-refractivity contribution >= 4 is 0 Å². The smallest absolute Gasteiger partial charge is 0.146 e. The van der Waals surface area contributed by atoms with Crippen molar-refractivity contribution in [2.45, 2.75) is 67.7 Å². The Morgan fingerprint density at radius 1 is 1.00 bits per heavy atom. The van der Waals surface area contributed by atoms with Crippen LogP contribution in [0, 0.1) is 5.41 Å². The third-order valence-corrected chi connectivity index (χ3v) is 3.17. The zero-order chi connectivity index (χ0) is 10.9. The third-order valence-electron chi connectivity index (χ3n) is 3.17. The van der Waals surface area contributed by atoms with Gasteiger partial charge in [0, 0.05) is 7.11 Å². The molecule has 0 aromatic rings.